The van der Waals surface area contributed by atoms with E-state index in [1.807, 2.05) is 6.92 Å². The normalized spacial score (nSPS) is 15.9. The van der Waals surface area contributed by atoms with Crippen molar-refractivity contribution in [1.29, 1.82) is 0 Å². The number of halogens is 1. The Morgan fingerprint density at radius 3 is 2.71 bits per heavy atom. The van der Waals surface area contributed by atoms with E-state index < -0.39 is 5.82 Å². The Kier molecular flexibility index (Phi) is 4.88. The molecule has 1 aliphatic heterocycles. The maximum absolute atomic E-state index is 13.7. The average Bonchev–Trinajstić information content (AvgIpc) is 2.42. The SMILES string of the molecule is CCOc1cc(N2CCC(NC(C)=O)CC2)c(N)cc1F. The van der Waals surface area contributed by atoms with Crippen LogP contribution in [0, 0.1) is 5.82 Å². The van der Waals surface area contributed by atoms with Crippen molar-refractivity contribution in [2.24, 2.45) is 0 Å². The highest BCUT2D eigenvalue weighted by molar-refractivity contribution is 5.73. The van der Waals surface area contributed by atoms with Crippen LogP contribution in [0.25, 0.3) is 0 Å². The second kappa shape index (κ2) is 6.65. The third-order valence-corrected chi connectivity index (χ3v) is 3.62. The minimum Gasteiger partial charge on any atom is -0.491 e. The highest BCUT2D eigenvalue weighted by Gasteiger charge is 2.22. The number of hydrogen-bond acceptors (Lipinski definition) is 4. The lowest BCUT2D eigenvalue weighted by atomic mass is 10.0. The van der Waals surface area contributed by atoms with E-state index in [1.165, 1.54) is 13.0 Å². The van der Waals surface area contributed by atoms with E-state index in [0.717, 1.165) is 31.6 Å². The van der Waals surface area contributed by atoms with Gasteiger partial charge in [-0.3, -0.25) is 4.79 Å². The van der Waals surface area contributed by atoms with Crippen molar-refractivity contribution in [3.05, 3.63) is 17.9 Å². The minimum atomic E-state index is -0.439. The number of rotatable bonds is 4. The molecule has 21 heavy (non-hydrogen) atoms. The van der Waals surface area contributed by atoms with E-state index >= 15 is 0 Å². The lowest BCUT2D eigenvalue weighted by molar-refractivity contribution is -0.119. The van der Waals surface area contributed by atoms with Crippen LogP contribution in [-0.4, -0.2) is 31.6 Å². The highest BCUT2D eigenvalue weighted by atomic mass is 19.1. The number of nitrogens with two attached hydrogens (primary N) is 1. The van der Waals surface area contributed by atoms with Crippen molar-refractivity contribution in [3.63, 3.8) is 0 Å². The first-order valence-electron chi connectivity index (χ1n) is 7.25. The minimum absolute atomic E-state index is 0.00613. The van der Waals surface area contributed by atoms with Crippen LogP contribution in [0.5, 0.6) is 5.75 Å². The molecule has 1 saturated heterocycles. The summed E-state index contributed by atoms with van der Waals surface area (Å²) < 4.78 is 19.0. The Hall–Kier alpha value is -1.98. The lowest BCUT2D eigenvalue weighted by Gasteiger charge is -2.34. The number of hydrogen-bond donors (Lipinski definition) is 2. The number of amides is 1. The van der Waals surface area contributed by atoms with E-state index in [0.29, 0.717) is 12.3 Å². The molecule has 2 rings (SSSR count). The molecule has 1 amide bonds. The van der Waals surface area contributed by atoms with Crippen LogP contribution in [0.3, 0.4) is 0 Å². The molecule has 1 aromatic carbocycles. The van der Waals surface area contributed by atoms with E-state index in [9.17, 15) is 9.18 Å². The largest absolute Gasteiger partial charge is 0.491 e. The molecule has 0 bridgehead atoms. The van der Waals surface area contributed by atoms with Crippen LogP contribution >= 0.6 is 0 Å². The first-order valence-corrected chi connectivity index (χ1v) is 7.25. The second-order valence-corrected chi connectivity index (χ2v) is 5.24. The summed E-state index contributed by atoms with van der Waals surface area (Å²) in [7, 11) is 0. The summed E-state index contributed by atoms with van der Waals surface area (Å²) in [5.74, 6) is -0.217. The molecular formula is C15H22FN3O2. The number of nitrogen functional groups attached to an aromatic ring is 1. The number of nitrogens with zero attached hydrogens (tertiary/aromatic N) is 1. The van der Waals surface area contributed by atoms with Gasteiger partial charge in [0.15, 0.2) is 11.6 Å². The van der Waals surface area contributed by atoms with Crippen molar-refractivity contribution in [2.45, 2.75) is 32.7 Å². The van der Waals surface area contributed by atoms with Gasteiger partial charge in [-0.2, -0.15) is 0 Å². The fourth-order valence-corrected chi connectivity index (χ4v) is 2.65. The summed E-state index contributed by atoms with van der Waals surface area (Å²) in [6, 6.07) is 3.17. The molecule has 0 spiro atoms. The van der Waals surface area contributed by atoms with E-state index in [-0.39, 0.29) is 17.7 Å². The molecule has 116 valence electrons. The van der Waals surface area contributed by atoms with Crippen LogP contribution in [0.15, 0.2) is 12.1 Å². The van der Waals surface area contributed by atoms with Crippen molar-refractivity contribution in [1.82, 2.24) is 5.32 Å². The molecule has 5 nitrogen and oxygen atoms in total. The Labute approximate surface area is 124 Å². The first kappa shape index (κ1) is 15.4. The predicted octanol–water partition coefficient (Wildman–Crippen LogP) is 1.91. The molecule has 3 N–H and O–H groups in total. The van der Waals surface area contributed by atoms with Crippen molar-refractivity contribution < 1.29 is 13.9 Å². The molecule has 0 radical (unpaired) electrons. The Bertz CT molecular complexity index is 514. The summed E-state index contributed by atoms with van der Waals surface area (Å²) in [5.41, 5.74) is 7.13. The molecule has 1 heterocycles. The summed E-state index contributed by atoms with van der Waals surface area (Å²) in [6.45, 7) is 5.29. The van der Waals surface area contributed by atoms with Gasteiger partial charge in [0.2, 0.25) is 5.91 Å². The van der Waals surface area contributed by atoms with Gasteiger partial charge in [0.1, 0.15) is 0 Å². The smallest absolute Gasteiger partial charge is 0.217 e. The van der Waals surface area contributed by atoms with Gasteiger partial charge in [-0.05, 0) is 19.8 Å². The van der Waals surface area contributed by atoms with Crippen LogP contribution in [0.4, 0.5) is 15.8 Å². The van der Waals surface area contributed by atoms with Crippen LogP contribution in [0.1, 0.15) is 26.7 Å². The van der Waals surface area contributed by atoms with Gasteiger partial charge >= 0.3 is 0 Å². The monoisotopic (exact) mass is 295 g/mol. The van der Waals surface area contributed by atoms with E-state index in [1.54, 1.807) is 6.07 Å². The third-order valence-electron chi connectivity index (χ3n) is 3.62. The number of carbonyl (C=O) groups excluding carboxylic acids is 1. The molecule has 1 fully saturated rings. The third kappa shape index (κ3) is 3.77. The molecule has 6 heteroatoms. The molecular weight excluding hydrogens is 273 g/mol. The van der Waals surface area contributed by atoms with Crippen molar-refractivity contribution >= 4 is 17.3 Å². The molecule has 0 aliphatic carbocycles. The first-order chi connectivity index (χ1) is 10.0. The molecule has 0 aromatic heterocycles. The summed E-state index contributed by atoms with van der Waals surface area (Å²) in [6.07, 6.45) is 1.70. The Morgan fingerprint density at radius 1 is 1.48 bits per heavy atom. The number of nitrogens with one attached hydrogen (secondary N) is 1. The molecule has 0 saturated carbocycles. The molecule has 0 unspecified atom stereocenters. The van der Waals surface area contributed by atoms with Gasteiger partial charge in [-0.15, -0.1) is 0 Å². The summed E-state index contributed by atoms with van der Waals surface area (Å²) >= 11 is 0. The fraction of sp³-hybridized carbons (Fsp3) is 0.533. The molecule has 0 atom stereocenters. The zero-order valence-electron chi connectivity index (χ0n) is 12.5. The number of anilines is 2. The standard InChI is InChI=1S/C15H22FN3O2/c1-3-21-15-9-14(13(17)8-12(15)16)19-6-4-11(5-7-19)18-10(2)20/h8-9,11H,3-7,17H2,1-2H3,(H,18,20). The maximum atomic E-state index is 13.7. The van der Waals surface area contributed by atoms with Crippen LogP contribution in [0.2, 0.25) is 0 Å². The molecule has 1 aromatic rings. The second-order valence-electron chi connectivity index (χ2n) is 5.24. The van der Waals surface area contributed by atoms with Gasteiger partial charge in [0.05, 0.1) is 18.0 Å². The fourth-order valence-electron chi connectivity index (χ4n) is 2.65. The highest BCUT2D eigenvalue weighted by Crippen LogP contribution is 2.32. The van der Waals surface area contributed by atoms with Gasteiger partial charge in [0.25, 0.3) is 0 Å². The maximum Gasteiger partial charge on any atom is 0.217 e. The summed E-state index contributed by atoms with van der Waals surface area (Å²) in [4.78, 5) is 13.2. The van der Waals surface area contributed by atoms with Gasteiger partial charge in [0, 0.05) is 38.2 Å². The molecule has 1 aliphatic rings. The predicted molar refractivity (Wildman–Crippen MR) is 81.0 cm³/mol. The van der Waals surface area contributed by atoms with E-state index in [2.05, 4.69) is 10.2 Å². The van der Waals surface area contributed by atoms with Crippen LogP contribution in [-0.2, 0) is 4.79 Å². The number of ether oxygens (including phenoxy) is 1. The van der Waals surface area contributed by atoms with Crippen molar-refractivity contribution in [2.75, 3.05) is 30.3 Å². The number of carbonyl (C=O) groups is 1. The van der Waals surface area contributed by atoms with Gasteiger partial charge in [-0.25, -0.2) is 4.39 Å². The van der Waals surface area contributed by atoms with Crippen LogP contribution < -0.4 is 20.7 Å². The van der Waals surface area contributed by atoms with Gasteiger partial charge in [-0.1, -0.05) is 0 Å². The zero-order chi connectivity index (χ0) is 15.4. The Morgan fingerprint density at radius 2 is 2.14 bits per heavy atom. The van der Waals surface area contributed by atoms with E-state index in [4.69, 9.17) is 10.5 Å². The lowest BCUT2D eigenvalue weighted by Crippen LogP contribution is -2.44. The van der Waals surface area contributed by atoms with Gasteiger partial charge < -0.3 is 20.7 Å². The van der Waals surface area contributed by atoms with Crippen molar-refractivity contribution in [3.8, 4) is 5.75 Å². The quantitative estimate of drug-likeness (QED) is 0.833. The Balaban J connectivity index is 2.09. The topological polar surface area (TPSA) is 67.6 Å². The zero-order valence-corrected chi connectivity index (χ0v) is 12.5. The summed E-state index contributed by atoms with van der Waals surface area (Å²) in [5, 5.41) is 2.93. The average molecular weight is 295 g/mol. The number of piperidine rings is 1. The number of benzene rings is 1.